The number of halogens is 1. The normalized spacial score (nSPS) is 14.0. The molecule has 1 aliphatic rings. The summed E-state index contributed by atoms with van der Waals surface area (Å²) in [4.78, 5) is 37.3. The van der Waals surface area contributed by atoms with Crippen LogP contribution in [-0.2, 0) is 6.42 Å². The largest absolute Gasteiger partial charge is 0.469 e. The van der Waals surface area contributed by atoms with Gasteiger partial charge in [0, 0.05) is 28.1 Å². The van der Waals surface area contributed by atoms with Gasteiger partial charge in [0.2, 0.25) is 0 Å². The number of hydrazone groups is 1. The molecule has 9 nitrogen and oxygen atoms in total. The Morgan fingerprint density at radius 2 is 1.82 bits per heavy atom. The predicted octanol–water partition coefficient (Wildman–Crippen LogP) is 3.69. The average molecular weight is 469 g/mol. The summed E-state index contributed by atoms with van der Waals surface area (Å²) in [6.45, 7) is 3.43. The van der Waals surface area contributed by atoms with Crippen molar-refractivity contribution in [2.75, 3.05) is 0 Å². The van der Waals surface area contributed by atoms with Crippen LogP contribution in [0.4, 0.5) is 0 Å². The zero-order chi connectivity index (χ0) is 23.5. The number of hydrogen-bond acceptors (Lipinski definition) is 6. The molecule has 0 spiro atoms. The molecule has 1 aromatic carbocycles. The fraction of sp³-hybridized carbons (Fsp3) is 0.217. The van der Waals surface area contributed by atoms with Gasteiger partial charge in [-0.05, 0) is 51.0 Å². The molecule has 3 amide bonds. The molecule has 3 N–H and O–H groups in total. The van der Waals surface area contributed by atoms with Crippen molar-refractivity contribution in [2.24, 2.45) is 5.10 Å². The highest BCUT2D eigenvalue weighted by Gasteiger charge is 2.28. The van der Waals surface area contributed by atoms with Gasteiger partial charge in [-0.3, -0.25) is 25.2 Å². The molecule has 0 fully saturated rings. The van der Waals surface area contributed by atoms with Crippen LogP contribution in [0.25, 0.3) is 0 Å². The van der Waals surface area contributed by atoms with Crippen LogP contribution >= 0.6 is 11.6 Å². The Bertz CT molecular complexity index is 1270. The molecule has 0 bridgehead atoms. The lowest BCUT2D eigenvalue weighted by molar-refractivity contribution is 0.0829. The number of nitrogens with zero attached hydrogens (tertiary/aromatic N) is 1. The van der Waals surface area contributed by atoms with E-state index < -0.39 is 11.8 Å². The minimum Gasteiger partial charge on any atom is -0.469 e. The first-order chi connectivity index (χ1) is 15.8. The van der Waals surface area contributed by atoms with Gasteiger partial charge in [0.05, 0.1) is 17.5 Å². The maximum Gasteiger partial charge on any atom is 0.305 e. The third-order valence-electron chi connectivity index (χ3n) is 5.30. The van der Waals surface area contributed by atoms with E-state index in [0.29, 0.717) is 57.4 Å². The molecule has 2 heterocycles. The summed E-state index contributed by atoms with van der Waals surface area (Å²) in [6, 6.07) is 7.91. The van der Waals surface area contributed by atoms with Crippen molar-refractivity contribution in [1.82, 2.24) is 16.3 Å². The molecule has 0 aliphatic heterocycles. The maximum atomic E-state index is 12.7. The van der Waals surface area contributed by atoms with Gasteiger partial charge in [-0.2, -0.15) is 5.10 Å². The molecular weight excluding hydrogens is 448 g/mol. The lowest BCUT2D eigenvalue weighted by atomic mass is 9.93. The minimum atomic E-state index is -0.602. The SMILES string of the molecule is Cc1occc1C(=O)N/N=C1\CCCc2oc(C(=O)NNC(=O)c3cccc(Cl)c3)c(C)c21. The average Bonchev–Trinajstić information content (AvgIpc) is 3.39. The molecule has 0 saturated carbocycles. The Hall–Kier alpha value is -3.85. The molecule has 10 heteroatoms. The van der Waals surface area contributed by atoms with Crippen LogP contribution in [0.2, 0.25) is 5.02 Å². The molecule has 3 aromatic rings. The van der Waals surface area contributed by atoms with Crippen molar-refractivity contribution in [3.05, 3.63) is 81.2 Å². The molecule has 0 radical (unpaired) electrons. The smallest absolute Gasteiger partial charge is 0.305 e. The van der Waals surface area contributed by atoms with Crippen LogP contribution in [0.3, 0.4) is 0 Å². The first-order valence-corrected chi connectivity index (χ1v) is 10.6. The van der Waals surface area contributed by atoms with Crippen molar-refractivity contribution in [1.29, 1.82) is 0 Å². The van der Waals surface area contributed by atoms with Gasteiger partial charge in [-0.15, -0.1) is 0 Å². The van der Waals surface area contributed by atoms with Crippen molar-refractivity contribution in [3.8, 4) is 0 Å². The highest BCUT2D eigenvalue weighted by atomic mass is 35.5. The van der Waals surface area contributed by atoms with Crippen molar-refractivity contribution in [3.63, 3.8) is 0 Å². The Balaban J connectivity index is 1.48. The number of furan rings is 2. The molecule has 1 aliphatic carbocycles. The Morgan fingerprint density at radius 3 is 2.55 bits per heavy atom. The highest BCUT2D eigenvalue weighted by Crippen LogP contribution is 2.29. The number of hydrazine groups is 1. The van der Waals surface area contributed by atoms with E-state index >= 15 is 0 Å². The fourth-order valence-electron chi connectivity index (χ4n) is 3.67. The summed E-state index contributed by atoms with van der Waals surface area (Å²) in [5, 5.41) is 4.69. The van der Waals surface area contributed by atoms with E-state index in [1.807, 2.05) is 0 Å². The zero-order valence-electron chi connectivity index (χ0n) is 18.0. The summed E-state index contributed by atoms with van der Waals surface area (Å²) in [5.41, 5.74) is 9.84. The summed E-state index contributed by atoms with van der Waals surface area (Å²) >= 11 is 5.90. The molecule has 33 heavy (non-hydrogen) atoms. The lowest BCUT2D eigenvalue weighted by Gasteiger charge is -2.13. The first kappa shape index (κ1) is 22.3. The molecule has 4 rings (SSSR count). The van der Waals surface area contributed by atoms with Crippen molar-refractivity contribution >= 4 is 35.0 Å². The number of carbonyl (C=O) groups is 3. The van der Waals surface area contributed by atoms with Crippen LogP contribution in [0, 0.1) is 13.8 Å². The van der Waals surface area contributed by atoms with Gasteiger partial charge < -0.3 is 8.83 Å². The quantitative estimate of drug-likeness (QED) is 0.503. The molecule has 0 saturated heterocycles. The predicted molar refractivity (Wildman–Crippen MR) is 120 cm³/mol. The van der Waals surface area contributed by atoms with E-state index in [1.54, 1.807) is 38.1 Å². The topological polar surface area (TPSA) is 126 Å². The van der Waals surface area contributed by atoms with Crippen LogP contribution < -0.4 is 16.3 Å². The molecule has 0 atom stereocenters. The second kappa shape index (κ2) is 9.33. The second-order valence-corrected chi connectivity index (χ2v) is 7.95. The first-order valence-electron chi connectivity index (χ1n) is 10.2. The molecule has 170 valence electrons. The third kappa shape index (κ3) is 4.68. The summed E-state index contributed by atoms with van der Waals surface area (Å²) < 4.78 is 10.9. The third-order valence-corrected chi connectivity index (χ3v) is 5.54. The van der Waals surface area contributed by atoms with Gasteiger partial charge in [0.25, 0.3) is 11.8 Å². The van der Waals surface area contributed by atoms with Gasteiger partial charge in [-0.25, -0.2) is 5.43 Å². The minimum absolute atomic E-state index is 0.0676. The fourth-order valence-corrected chi connectivity index (χ4v) is 3.86. The van der Waals surface area contributed by atoms with E-state index in [-0.39, 0.29) is 11.7 Å². The van der Waals surface area contributed by atoms with Gasteiger partial charge in [-0.1, -0.05) is 17.7 Å². The number of rotatable bonds is 4. The number of fused-ring (bicyclic) bond motifs is 1. The highest BCUT2D eigenvalue weighted by molar-refractivity contribution is 6.31. The Kier molecular flexibility index (Phi) is 6.32. The van der Waals surface area contributed by atoms with E-state index in [4.69, 9.17) is 20.4 Å². The number of aryl methyl sites for hydroxylation is 2. The monoisotopic (exact) mass is 468 g/mol. The number of benzene rings is 1. The van der Waals surface area contributed by atoms with Crippen molar-refractivity contribution in [2.45, 2.75) is 33.1 Å². The van der Waals surface area contributed by atoms with Gasteiger partial charge >= 0.3 is 5.91 Å². The molecule has 2 aromatic heterocycles. The van der Waals surface area contributed by atoms with Crippen LogP contribution in [0.5, 0.6) is 0 Å². The van der Waals surface area contributed by atoms with Gasteiger partial charge in [0.15, 0.2) is 5.76 Å². The van der Waals surface area contributed by atoms with Crippen LogP contribution in [0.15, 0.2) is 50.5 Å². The summed E-state index contributed by atoms with van der Waals surface area (Å²) in [6.07, 6.45) is 3.44. The zero-order valence-corrected chi connectivity index (χ0v) is 18.7. The standard InChI is InChI=1S/C23H21ClN4O5/c1-12-19-17(25-27-22(30)16-9-10-32-13(16)2)7-4-8-18(19)33-20(12)23(31)28-26-21(29)14-5-3-6-15(24)11-14/h3,5-6,9-11H,4,7-8H2,1-2H3,(H,26,29)(H,27,30)(H,28,31)/b25-17+. The van der Waals surface area contributed by atoms with Gasteiger partial charge in [0.1, 0.15) is 11.5 Å². The number of carbonyl (C=O) groups excluding carboxylic acids is 3. The Labute approximate surface area is 194 Å². The van der Waals surface area contributed by atoms with Crippen LogP contribution in [0.1, 0.15) is 66.8 Å². The van der Waals surface area contributed by atoms with E-state index in [9.17, 15) is 14.4 Å². The lowest BCUT2D eigenvalue weighted by Crippen LogP contribution is -2.41. The molecular formula is C23H21ClN4O5. The molecule has 0 unspecified atom stereocenters. The summed E-state index contributed by atoms with van der Waals surface area (Å²) in [5.74, 6) is -0.330. The Morgan fingerprint density at radius 1 is 1.03 bits per heavy atom. The van der Waals surface area contributed by atoms with Crippen molar-refractivity contribution < 1.29 is 23.2 Å². The number of hydrogen-bond donors (Lipinski definition) is 3. The number of nitrogens with one attached hydrogen (secondary N) is 3. The van der Waals surface area contributed by atoms with E-state index in [0.717, 1.165) is 6.42 Å². The maximum absolute atomic E-state index is 12.7. The van der Waals surface area contributed by atoms with E-state index in [1.165, 1.54) is 12.3 Å². The van der Waals surface area contributed by atoms with Crippen LogP contribution in [-0.4, -0.2) is 23.4 Å². The summed E-state index contributed by atoms with van der Waals surface area (Å²) in [7, 11) is 0. The van der Waals surface area contributed by atoms with E-state index in [2.05, 4.69) is 21.4 Å². The second-order valence-electron chi connectivity index (χ2n) is 7.52. The number of amides is 3.